The van der Waals surface area contributed by atoms with Crippen LogP contribution in [0.4, 0.5) is 0 Å². The van der Waals surface area contributed by atoms with Crippen molar-refractivity contribution in [3.05, 3.63) is 29.3 Å². The van der Waals surface area contributed by atoms with E-state index in [1.165, 1.54) is 6.07 Å². The fraction of sp³-hybridized carbons (Fsp3) is 0.143. The summed E-state index contributed by atoms with van der Waals surface area (Å²) >= 11 is 0. The van der Waals surface area contributed by atoms with Gasteiger partial charge >= 0.3 is 0 Å². The standard InChI is InChI=1S/C7H6O3S/c8-11(9,10)7-3-1-2-5-4-6(5)7/h1-3H,4H2,(H,8,9,10). The van der Waals surface area contributed by atoms with E-state index in [9.17, 15) is 8.42 Å². The monoisotopic (exact) mass is 170 g/mol. The summed E-state index contributed by atoms with van der Waals surface area (Å²) in [4.78, 5) is 0.0648. The molecule has 0 heterocycles. The van der Waals surface area contributed by atoms with Crippen molar-refractivity contribution in [2.24, 2.45) is 0 Å². The fourth-order valence-corrected chi connectivity index (χ4v) is 1.91. The fourth-order valence-electron chi connectivity index (χ4n) is 1.15. The smallest absolute Gasteiger partial charge is 0.282 e. The lowest BCUT2D eigenvalue weighted by atomic mass is 10.4. The first-order chi connectivity index (χ1) is 5.09. The van der Waals surface area contributed by atoms with E-state index in [0.717, 1.165) is 11.1 Å². The molecule has 0 saturated carbocycles. The van der Waals surface area contributed by atoms with Gasteiger partial charge < -0.3 is 0 Å². The van der Waals surface area contributed by atoms with E-state index in [1.807, 2.05) is 6.07 Å². The summed E-state index contributed by atoms with van der Waals surface area (Å²) in [6.45, 7) is 0. The molecule has 11 heavy (non-hydrogen) atoms. The van der Waals surface area contributed by atoms with Crippen molar-refractivity contribution in [2.75, 3.05) is 0 Å². The molecule has 1 N–H and O–H groups in total. The van der Waals surface area contributed by atoms with Gasteiger partial charge in [0.25, 0.3) is 10.1 Å². The molecule has 0 bridgehead atoms. The molecule has 2 rings (SSSR count). The summed E-state index contributed by atoms with van der Waals surface area (Å²) in [6, 6.07) is 4.90. The second kappa shape index (κ2) is 1.84. The Morgan fingerprint density at radius 3 is 2.64 bits per heavy atom. The summed E-state index contributed by atoms with van der Waals surface area (Å²) in [6.07, 6.45) is 0.697. The molecule has 0 spiro atoms. The molecule has 1 aliphatic carbocycles. The predicted molar refractivity (Wildman–Crippen MR) is 39.1 cm³/mol. The maximum Gasteiger partial charge on any atom is 0.294 e. The number of hydrogen-bond acceptors (Lipinski definition) is 2. The predicted octanol–water partition coefficient (Wildman–Crippen LogP) is 0.838. The Labute approximate surface area is 64.4 Å². The first-order valence-corrected chi connectivity index (χ1v) is 4.61. The van der Waals surface area contributed by atoms with Crippen LogP contribution in [0.25, 0.3) is 0 Å². The van der Waals surface area contributed by atoms with E-state index in [1.54, 1.807) is 6.07 Å². The SMILES string of the molecule is O=S(=O)(O)c1cccc2c1C2. The maximum absolute atomic E-state index is 10.6. The number of fused-ring (bicyclic) bond motifs is 1. The number of benzene rings is 1. The minimum atomic E-state index is -3.98. The molecule has 0 amide bonds. The van der Waals surface area contributed by atoms with Crippen molar-refractivity contribution in [1.82, 2.24) is 0 Å². The Kier molecular flexibility index (Phi) is 1.14. The largest absolute Gasteiger partial charge is 0.294 e. The van der Waals surface area contributed by atoms with Crippen LogP contribution in [0.15, 0.2) is 23.1 Å². The second-order valence-corrected chi connectivity index (χ2v) is 3.94. The highest BCUT2D eigenvalue weighted by molar-refractivity contribution is 7.85. The molecule has 0 fully saturated rings. The zero-order valence-electron chi connectivity index (χ0n) is 5.61. The molecule has 58 valence electrons. The molecule has 0 aromatic heterocycles. The van der Waals surface area contributed by atoms with Crippen LogP contribution in [-0.2, 0) is 16.5 Å². The number of hydrogen-bond donors (Lipinski definition) is 1. The van der Waals surface area contributed by atoms with Crippen LogP contribution in [0, 0.1) is 0 Å². The molecule has 1 aliphatic rings. The van der Waals surface area contributed by atoms with Gasteiger partial charge in [-0.25, -0.2) is 0 Å². The van der Waals surface area contributed by atoms with Gasteiger partial charge in [0.15, 0.2) is 0 Å². The van der Waals surface area contributed by atoms with Gasteiger partial charge in [-0.2, -0.15) is 8.42 Å². The lowest BCUT2D eigenvalue weighted by Gasteiger charge is -1.92. The summed E-state index contributed by atoms with van der Waals surface area (Å²) in [5, 5.41) is 0. The van der Waals surface area contributed by atoms with Crippen molar-refractivity contribution >= 4 is 10.1 Å². The van der Waals surface area contributed by atoms with Gasteiger partial charge in [0.1, 0.15) is 0 Å². The zero-order chi connectivity index (χ0) is 8.06. The van der Waals surface area contributed by atoms with Crippen molar-refractivity contribution in [3.63, 3.8) is 0 Å². The Morgan fingerprint density at radius 1 is 1.36 bits per heavy atom. The highest BCUT2D eigenvalue weighted by atomic mass is 32.2. The van der Waals surface area contributed by atoms with Crippen LogP contribution in [0.3, 0.4) is 0 Å². The van der Waals surface area contributed by atoms with E-state index >= 15 is 0 Å². The number of rotatable bonds is 1. The molecule has 0 radical (unpaired) electrons. The topological polar surface area (TPSA) is 54.4 Å². The molecule has 1 aromatic carbocycles. The molecule has 0 aliphatic heterocycles. The van der Waals surface area contributed by atoms with Crippen molar-refractivity contribution in [3.8, 4) is 0 Å². The Hall–Kier alpha value is -0.870. The van der Waals surface area contributed by atoms with Crippen LogP contribution in [0.1, 0.15) is 11.1 Å². The average Bonchev–Trinajstić information content (AvgIpc) is 2.60. The second-order valence-electron chi connectivity index (χ2n) is 2.55. The van der Waals surface area contributed by atoms with Crippen LogP contribution in [-0.4, -0.2) is 13.0 Å². The van der Waals surface area contributed by atoms with Crippen LogP contribution >= 0.6 is 0 Å². The van der Waals surface area contributed by atoms with Gasteiger partial charge in [-0.1, -0.05) is 12.1 Å². The van der Waals surface area contributed by atoms with Crippen molar-refractivity contribution < 1.29 is 13.0 Å². The van der Waals surface area contributed by atoms with Crippen LogP contribution < -0.4 is 0 Å². The van der Waals surface area contributed by atoms with Crippen molar-refractivity contribution in [2.45, 2.75) is 11.3 Å². The highest BCUT2D eigenvalue weighted by Crippen LogP contribution is 2.33. The molecule has 0 atom stereocenters. The molecular formula is C7H6O3S. The summed E-state index contributed by atoms with van der Waals surface area (Å²) in [7, 11) is -3.98. The first-order valence-electron chi connectivity index (χ1n) is 3.17. The molecular weight excluding hydrogens is 164 g/mol. The quantitative estimate of drug-likeness (QED) is 0.645. The zero-order valence-corrected chi connectivity index (χ0v) is 6.43. The first kappa shape index (κ1) is 6.82. The van der Waals surface area contributed by atoms with Gasteiger partial charge in [-0.3, -0.25) is 4.55 Å². The Bertz CT molecular complexity index is 406. The third-order valence-corrected chi connectivity index (χ3v) is 2.69. The van der Waals surface area contributed by atoms with E-state index in [0.29, 0.717) is 6.42 Å². The molecule has 0 saturated heterocycles. The van der Waals surface area contributed by atoms with E-state index in [4.69, 9.17) is 4.55 Å². The molecule has 3 nitrogen and oxygen atoms in total. The minimum Gasteiger partial charge on any atom is -0.282 e. The third-order valence-electron chi connectivity index (χ3n) is 1.75. The summed E-state index contributed by atoms with van der Waals surface area (Å²) in [5.41, 5.74) is 1.77. The molecule has 4 heteroatoms. The Morgan fingerprint density at radius 2 is 2.09 bits per heavy atom. The van der Waals surface area contributed by atoms with Gasteiger partial charge in [0, 0.05) is 0 Å². The van der Waals surface area contributed by atoms with Crippen LogP contribution in [0.2, 0.25) is 0 Å². The van der Waals surface area contributed by atoms with E-state index in [2.05, 4.69) is 0 Å². The molecule has 1 aromatic rings. The highest BCUT2D eigenvalue weighted by Gasteiger charge is 2.26. The summed E-state index contributed by atoms with van der Waals surface area (Å²) in [5.74, 6) is 0. The van der Waals surface area contributed by atoms with Gasteiger partial charge in [0.2, 0.25) is 0 Å². The average molecular weight is 170 g/mol. The van der Waals surface area contributed by atoms with Gasteiger partial charge in [0.05, 0.1) is 4.90 Å². The van der Waals surface area contributed by atoms with E-state index < -0.39 is 10.1 Å². The van der Waals surface area contributed by atoms with Crippen LogP contribution in [0.5, 0.6) is 0 Å². The van der Waals surface area contributed by atoms with Gasteiger partial charge in [-0.15, -0.1) is 0 Å². The minimum absolute atomic E-state index is 0.0648. The lowest BCUT2D eigenvalue weighted by Crippen LogP contribution is -1.97. The summed E-state index contributed by atoms with van der Waals surface area (Å²) < 4.78 is 30.0. The maximum atomic E-state index is 10.6. The third kappa shape index (κ3) is 1.04. The Balaban J connectivity index is 2.68. The van der Waals surface area contributed by atoms with Crippen molar-refractivity contribution in [1.29, 1.82) is 0 Å². The molecule has 0 unspecified atom stereocenters. The normalized spacial score (nSPS) is 14.3. The lowest BCUT2D eigenvalue weighted by molar-refractivity contribution is 0.483. The van der Waals surface area contributed by atoms with E-state index in [-0.39, 0.29) is 4.90 Å². The van der Waals surface area contributed by atoms with Gasteiger partial charge in [-0.05, 0) is 23.6 Å².